The summed E-state index contributed by atoms with van der Waals surface area (Å²) in [6.45, 7) is 0.454. The number of anilines is 3. The van der Waals surface area contributed by atoms with Gasteiger partial charge in [0, 0.05) is 29.1 Å². The van der Waals surface area contributed by atoms with E-state index in [4.69, 9.17) is 21.1 Å². The number of ether oxygens (including phenoxy) is 2. The molecule has 0 atom stereocenters. The molecule has 0 fully saturated rings. The summed E-state index contributed by atoms with van der Waals surface area (Å²) in [5.41, 5.74) is 1.16. The van der Waals surface area contributed by atoms with Gasteiger partial charge < -0.3 is 20.1 Å². The van der Waals surface area contributed by atoms with Gasteiger partial charge in [0.25, 0.3) is 5.91 Å². The van der Waals surface area contributed by atoms with Crippen LogP contribution < -0.4 is 20.1 Å². The molecule has 0 unspecified atom stereocenters. The van der Waals surface area contributed by atoms with Crippen molar-refractivity contribution in [3.05, 3.63) is 60.3 Å². The second kappa shape index (κ2) is 10.1. The summed E-state index contributed by atoms with van der Waals surface area (Å²) in [4.78, 5) is 21.0. The molecule has 11 heteroatoms. The molecule has 4 aromatic rings. The standard InChI is InChI=1S/C22H20ClFN6O3/c1-32-18-9-15-16(10-19(18)33-7-3-6-23)25-12-26-21(15)28-20-11-17(29-30-20)22(31)27-14-5-2-4-13(24)8-14/h2,4-5,8-12H,3,6-7H2,1H3,(H,27,31)(H2,25,26,28,29,30). The van der Waals surface area contributed by atoms with Crippen LogP contribution in [-0.2, 0) is 0 Å². The van der Waals surface area contributed by atoms with Gasteiger partial charge in [-0.3, -0.25) is 9.89 Å². The Balaban J connectivity index is 1.54. The van der Waals surface area contributed by atoms with E-state index in [0.717, 1.165) is 0 Å². The fraction of sp³-hybridized carbons (Fsp3) is 0.182. The van der Waals surface area contributed by atoms with Crippen LogP contribution in [0.4, 0.5) is 21.7 Å². The molecule has 2 heterocycles. The molecule has 0 bridgehead atoms. The van der Waals surface area contributed by atoms with E-state index >= 15 is 0 Å². The normalized spacial score (nSPS) is 10.8. The molecule has 0 aliphatic heterocycles. The lowest BCUT2D eigenvalue weighted by atomic mass is 10.2. The molecule has 9 nitrogen and oxygen atoms in total. The first-order chi connectivity index (χ1) is 16.1. The fourth-order valence-corrected chi connectivity index (χ4v) is 3.17. The van der Waals surface area contributed by atoms with E-state index < -0.39 is 11.7 Å². The molecule has 0 aliphatic carbocycles. The van der Waals surface area contributed by atoms with Crippen LogP contribution in [0.1, 0.15) is 16.9 Å². The average molecular weight is 471 g/mol. The lowest BCUT2D eigenvalue weighted by molar-refractivity contribution is 0.102. The molecule has 3 N–H and O–H groups in total. The van der Waals surface area contributed by atoms with E-state index in [9.17, 15) is 9.18 Å². The Bertz CT molecular complexity index is 1280. The number of carbonyl (C=O) groups excluding carboxylic acids is 1. The summed E-state index contributed by atoms with van der Waals surface area (Å²) in [5, 5.41) is 13.1. The molecular weight excluding hydrogens is 451 g/mol. The third-order valence-corrected chi connectivity index (χ3v) is 4.87. The number of hydrogen-bond donors (Lipinski definition) is 3. The third kappa shape index (κ3) is 5.29. The minimum Gasteiger partial charge on any atom is -0.493 e. The number of benzene rings is 2. The number of aromatic nitrogens is 4. The second-order valence-corrected chi connectivity index (χ2v) is 7.27. The second-order valence-electron chi connectivity index (χ2n) is 6.89. The van der Waals surface area contributed by atoms with E-state index in [1.807, 2.05) is 0 Å². The van der Waals surface area contributed by atoms with Crippen LogP contribution >= 0.6 is 11.6 Å². The Morgan fingerprint density at radius 1 is 1.18 bits per heavy atom. The van der Waals surface area contributed by atoms with E-state index in [2.05, 4.69) is 30.8 Å². The van der Waals surface area contributed by atoms with Crippen LogP contribution in [0.25, 0.3) is 10.9 Å². The summed E-state index contributed by atoms with van der Waals surface area (Å²) in [5.74, 6) is 1.49. The van der Waals surface area contributed by atoms with Gasteiger partial charge in [-0.05, 0) is 30.7 Å². The minimum absolute atomic E-state index is 0.188. The first-order valence-corrected chi connectivity index (χ1v) is 10.5. The predicted molar refractivity (Wildman–Crippen MR) is 123 cm³/mol. The number of nitrogens with zero attached hydrogens (tertiary/aromatic N) is 3. The molecule has 0 saturated carbocycles. The number of carbonyl (C=O) groups is 1. The Hall–Kier alpha value is -3.92. The third-order valence-electron chi connectivity index (χ3n) is 4.61. The van der Waals surface area contributed by atoms with E-state index in [0.29, 0.717) is 58.6 Å². The van der Waals surface area contributed by atoms with Crippen molar-refractivity contribution in [3.8, 4) is 11.5 Å². The topological polar surface area (TPSA) is 114 Å². The highest BCUT2D eigenvalue weighted by molar-refractivity contribution is 6.17. The van der Waals surface area contributed by atoms with Gasteiger partial charge in [0.1, 0.15) is 23.7 Å². The molecule has 2 aromatic carbocycles. The summed E-state index contributed by atoms with van der Waals surface area (Å²) in [6, 6.07) is 10.7. The minimum atomic E-state index is -0.464. The zero-order valence-corrected chi connectivity index (χ0v) is 18.3. The summed E-state index contributed by atoms with van der Waals surface area (Å²) in [6.07, 6.45) is 2.11. The zero-order chi connectivity index (χ0) is 23.2. The molecule has 0 spiro atoms. The molecule has 170 valence electrons. The molecular formula is C22H20ClFN6O3. The van der Waals surface area contributed by atoms with Gasteiger partial charge in [0.15, 0.2) is 17.3 Å². The Morgan fingerprint density at radius 3 is 2.85 bits per heavy atom. The van der Waals surface area contributed by atoms with E-state index in [-0.39, 0.29) is 5.69 Å². The zero-order valence-electron chi connectivity index (χ0n) is 17.6. The van der Waals surface area contributed by atoms with Gasteiger partial charge in [-0.15, -0.1) is 11.6 Å². The van der Waals surface area contributed by atoms with Gasteiger partial charge in [-0.1, -0.05) is 6.07 Å². The molecule has 33 heavy (non-hydrogen) atoms. The highest BCUT2D eigenvalue weighted by Gasteiger charge is 2.15. The SMILES string of the molecule is COc1cc2c(Nc3cc(C(=O)Nc4cccc(F)c4)[nH]n3)ncnc2cc1OCCCCl. The summed E-state index contributed by atoms with van der Waals surface area (Å²) >= 11 is 5.71. The highest BCUT2D eigenvalue weighted by atomic mass is 35.5. The van der Waals surface area contributed by atoms with Crippen molar-refractivity contribution in [2.75, 3.05) is 30.2 Å². The average Bonchev–Trinajstić information content (AvgIpc) is 3.28. The lowest BCUT2D eigenvalue weighted by Gasteiger charge is -2.13. The van der Waals surface area contributed by atoms with Crippen molar-refractivity contribution in [3.63, 3.8) is 0 Å². The van der Waals surface area contributed by atoms with Crippen molar-refractivity contribution >= 4 is 45.7 Å². The van der Waals surface area contributed by atoms with E-state index in [1.165, 1.54) is 30.6 Å². The number of fused-ring (bicyclic) bond motifs is 1. The smallest absolute Gasteiger partial charge is 0.273 e. The van der Waals surface area contributed by atoms with E-state index in [1.54, 1.807) is 25.3 Å². The van der Waals surface area contributed by atoms with Crippen molar-refractivity contribution in [2.24, 2.45) is 0 Å². The molecule has 0 saturated heterocycles. The van der Waals surface area contributed by atoms with Gasteiger partial charge in [0.05, 0.1) is 19.2 Å². The highest BCUT2D eigenvalue weighted by Crippen LogP contribution is 2.34. The summed E-state index contributed by atoms with van der Waals surface area (Å²) < 4.78 is 24.5. The Kier molecular flexibility index (Phi) is 6.84. The first kappa shape index (κ1) is 22.3. The maximum Gasteiger partial charge on any atom is 0.273 e. The number of hydrogen-bond acceptors (Lipinski definition) is 7. The van der Waals surface area contributed by atoms with Gasteiger partial charge in [0.2, 0.25) is 0 Å². The van der Waals surface area contributed by atoms with Crippen molar-refractivity contribution in [2.45, 2.75) is 6.42 Å². The number of nitrogens with one attached hydrogen (secondary N) is 3. The van der Waals surface area contributed by atoms with Crippen LogP contribution in [0.5, 0.6) is 11.5 Å². The number of aromatic amines is 1. The Labute approximate surface area is 193 Å². The number of halogens is 2. The molecule has 2 aromatic heterocycles. The molecule has 0 aliphatic rings. The maximum atomic E-state index is 13.3. The number of rotatable bonds is 9. The monoisotopic (exact) mass is 470 g/mol. The van der Waals surface area contributed by atoms with Gasteiger partial charge in [-0.25, -0.2) is 14.4 Å². The van der Waals surface area contributed by atoms with Crippen molar-refractivity contribution in [1.82, 2.24) is 20.2 Å². The van der Waals surface area contributed by atoms with Gasteiger partial charge >= 0.3 is 0 Å². The number of methoxy groups -OCH3 is 1. The van der Waals surface area contributed by atoms with Gasteiger partial charge in [-0.2, -0.15) is 5.10 Å². The van der Waals surface area contributed by atoms with Crippen LogP contribution in [0.15, 0.2) is 48.8 Å². The number of alkyl halides is 1. The van der Waals surface area contributed by atoms with Crippen LogP contribution in [0, 0.1) is 5.82 Å². The quantitative estimate of drug-likeness (QED) is 0.243. The van der Waals surface area contributed by atoms with Crippen LogP contribution in [-0.4, -0.2) is 45.7 Å². The lowest BCUT2D eigenvalue weighted by Crippen LogP contribution is -2.12. The van der Waals surface area contributed by atoms with Crippen molar-refractivity contribution in [1.29, 1.82) is 0 Å². The molecule has 1 amide bonds. The maximum absolute atomic E-state index is 13.3. The molecule has 0 radical (unpaired) electrons. The summed E-state index contributed by atoms with van der Waals surface area (Å²) in [7, 11) is 1.55. The van der Waals surface area contributed by atoms with Crippen LogP contribution in [0.2, 0.25) is 0 Å². The van der Waals surface area contributed by atoms with Crippen molar-refractivity contribution < 1.29 is 18.7 Å². The number of amides is 1. The largest absolute Gasteiger partial charge is 0.493 e. The first-order valence-electron chi connectivity index (χ1n) is 9.98. The molecule has 4 rings (SSSR count). The predicted octanol–water partition coefficient (Wildman–Crippen LogP) is 4.50. The van der Waals surface area contributed by atoms with Crippen LogP contribution in [0.3, 0.4) is 0 Å². The fourth-order valence-electron chi connectivity index (χ4n) is 3.06. The Morgan fingerprint density at radius 2 is 2.06 bits per heavy atom. The number of H-pyrrole nitrogens is 1.